The number of carbonyl (C=O) groups is 1. The van der Waals surface area contributed by atoms with Gasteiger partial charge in [0.25, 0.3) is 5.91 Å². The van der Waals surface area contributed by atoms with Gasteiger partial charge in [0, 0.05) is 37.9 Å². The van der Waals surface area contributed by atoms with Crippen LogP contribution >= 0.6 is 0 Å². The number of ether oxygens (including phenoxy) is 1. The van der Waals surface area contributed by atoms with E-state index in [1.807, 2.05) is 0 Å². The maximum absolute atomic E-state index is 13.0. The molecule has 1 amide bonds. The lowest BCUT2D eigenvalue weighted by atomic mass is 10.2. The van der Waals surface area contributed by atoms with Gasteiger partial charge in [-0.3, -0.25) is 4.79 Å². The first-order valence-corrected chi connectivity index (χ1v) is 9.67. The van der Waals surface area contributed by atoms with Gasteiger partial charge in [-0.05, 0) is 55.6 Å². The first kappa shape index (κ1) is 19.8. The maximum atomic E-state index is 13.0. The molecule has 2 aromatic heterocycles. The van der Waals surface area contributed by atoms with Gasteiger partial charge in [0.1, 0.15) is 29.0 Å². The summed E-state index contributed by atoms with van der Waals surface area (Å²) in [4.78, 5) is 25.7. The number of hydrogen-bond donors (Lipinski definition) is 1. The van der Waals surface area contributed by atoms with E-state index in [0.717, 1.165) is 32.0 Å². The smallest absolute Gasteiger partial charge is 0.257 e. The fourth-order valence-corrected chi connectivity index (χ4v) is 3.11. The number of rotatable bonds is 5. The zero-order chi connectivity index (χ0) is 20.9. The highest BCUT2D eigenvalue weighted by Gasteiger charge is 2.17. The van der Waals surface area contributed by atoms with E-state index < -0.39 is 0 Å². The summed E-state index contributed by atoms with van der Waals surface area (Å²) in [5.74, 6) is 1.61. The molecular formula is C22H22FN5O2. The summed E-state index contributed by atoms with van der Waals surface area (Å²) < 4.78 is 18.6. The van der Waals surface area contributed by atoms with Crippen LogP contribution in [0.4, 0.5) is 16.0 Å². The van der Waals surface area contributed by atoms with Crippen LogP contribution in [0.1, 0.15) is 10.4 Å². The zero-order valence-corrected chi connectivity index (χ0v) is 16.6. The first-order valence-electron chi connectivity index (χ1n) is 9.67. The molecule has 0 radical (unpaired) electrons. The predicted molar refractivity (Wildman–Crippen MR) is 113 cm³/mol. The Morgan fingerprint density at radius 3 is 2.43 bits per heavy atom. The molecule has 7 nitrogen and oxygen atoms in total. The standard InChI is InChI=1S/C22H22FN5O2/c1-27-10-12-28(13-11-27)21-14-16(8-9-24-21)22(29)26-20-7-6-19(15-25-20)30-18-4-2-17(23)3-5-18/h2-9,14-15H,10-13H2,1H3,(H,25,26,29). The van der Waals surface area contributed by atoms with Crippen LogP contribution in [0.15, 0.2) is 60.9 Å². The Kier molecular flexibility index (Phi) is 5.85. The molecule has 0 unspecified atom stereocenters. The number of piperazine rings is 1. The largest absolute Gasteiger partial charge is 0.456 e. The molecule has 1 fully saturated rings. The molecular weight excluding hydrogens is 385 g/mol. The number of halogens is 1. The minimum atomic E-state index is -0.328. The SMILES string of the molecule is CN1CCN(c2cc(C(=O)Nc3ccc(Oc4ccc(F)cc4)cn3)ccn2)CC1. The van der Waals surface area contributed by atoms with Crippen molar-refractivity contribution in [2.24, 2.45) is 0 Å². The molecule has 1 N–H and O–H groups in total. The third-order valence-corrected chi connectivity index (χ3v) is 4.86. The van der Waals surface area contributed by atoms with Gasteiger partial charge >= 0.3 is 0 Å². The summed E-state index contributed by atoms with van der Waals surface area (Å²) in [6, 6.07) is 12.5. The molecule has 1 aliphatic rings. The zero-order valence-electron chi connectivity index (χ0n) is 16.6. The van der Waals surface area contributed by atoms with E-state index in [1.165, 1.54) is 30.5 Å². The molecule has 1 saturated heterocycles. The fraction of sp³-hybridized carbons (Fsp3) is 0.227. The Bertz CT molecular complexity index is 1000. The average Bonchev–Trinajstić information content (AvgIpc) is 2.77. The van der Waals surface area contributed by atoms with Crippen molar-refractivity contribution in [3.05, 3.63) is 72.3 Å². The van der Waals surface area contributed by atoms with Crippen molar-refractivity contribution in [3.8, 4) is 11.5 Å². The van der Waals surface area contributed by atoms with Crippen molar-refractivity contribution in [2.45, 2.75) is 0 Å². The first-order chi connectivity index (χ1) is 14.6. The summed E-state index contributed by atoms with van der Waals surface area (Å²) in [5, 5.41) is 2.78. The molecule has 3 aromatic rings. The molecule has 4 rings (SSSR count). The van der Waals surface area contributed by atoms with Crippen molar-refractivity contribution in [1.82, 2.24) is 14.9 Å². The highest BCUT2D eigenvalue weighted by atomic mass is 19.1. The summed E-state index contributed by atoms with van der Waals surface area (Å²) in [7, 11) is 2.09. The van der Waals surface area contributed by atoms with Crippen molar-refractivity contribution in [3.63, 3.8) is 0 Å². The number of carbonyl (C=O) groups excluding carboxylic acids is 1. The number of likely N-dealkylation sites (N-methyl/N-ethyl adjacent to an activating group) is 1. The second-order valence-corrected chi connectivity index (χ2v) is 7.08. The molecule has 1 aromatic carbocycles. The molecule has 0 aliphatic carbocycles. The number of hydrogen-bond acceptors (Lipinski definition) is 6. The van der Waals surface area contributed by atoms with Gasteiger partial charge in [0.2, 0.25) is 0 Å². The van der Waals surface area contributed by atoms with Crippen molar-refractivity contribution >= 4 is 17.5 Å². The van der Waals surface area contributed by atoms with Gasteiger partial charge in [0.05, 0.1) is 6.20 Å². The van der Waals surface area contributed by atoms with Gasteiger partial charge in [-0.15, -0.1) is 0 Å². The molecule has 1 aliphatic heterocycles. The summed E-state index contributed by atoms with van der Waals surface area (Å²) >= 11 is 0. The van der Waals surface area contributed by atoms with Crippen LogP contribution in [0.5, 0.6) is 11.5 Å². The normalized spacial score (nSPS) is 14.4. The Balaban J connectivity index is 1.39. The second-order valence-electron chi connectivity index (χ2n) is 7.08. The van der Waals surface area contributed by atoms with Crippen LogP contribution in [-0.4, -0.2) is 54.0 Å². The molecule has 0 atom stereocenters. The number of nitrogens with one attached hydrogen (secondary N) is 1. The van der Waals surface area contributed by atoms with Crippen LogP contribution in [0.3, 0.4) is 0 Å². The van der Waals surface area contributed by atoms with Gasteiger partial charge in [-0.25, -0.2) is 14.4 Å². The number of amides is 1. The van der Waals surface area contributed by atoms with Crippen LogP contribution in [-0.2, 0) is 0 Å². The van der Waals surface area contributed by atoms with Gasteiger partial charge < -0.3 is 19.9 Å². The van der Waals surface area contributed by atoms with E-state index in [-0.39, 0.29) is 11.7 Å². The number of pyridine rings is 2. The minimum Gasteiger partial charge on any atom is -0.456 e. The quantitative estimate of drug-likeness (QED) is 0.699. The van der Waals surface area contributed by atoms with E-state index >= 15 is 0 Å². The third-order valence-electron chi connectivity index (χ3n) is 4.86. The summed E-state index contributed by atoms with van der Waals surface area (Å²) in [6.45, 7) is 3.69. The molecule has 0 spiro atoms. The van der Waals surface area contributed by atoms with Crippen LogP contribution < -0.4 is 15.0 Å². The van der Waals surface area contributed by atoms with E-state index in [9.17, 15) is 9.18 Å². The van der Waals surface area contributed by atoms with Crippen molar-refractivity contribution < 1.29 is 13.9 Å². The number of nitrogens with zero attached hydrogens (tertiary/aromatic N) is 4. The topological polar surface area (TPSA) is 70.6 Å². The van der Waals surface area contributed by atoms with Crippen LogP contribution in [0.25, 0.3) is 0 Å². The number of anilines is 2. The Morgan fingerprint density at radius 2 is 1.73 bits per heavy atom. The monoisotopic (exact) mass is 407 g/mol. The molecule has 0 saturated carbocycles. The van der Waals surface area contributed by atoms with Crippen LogP contribution in [0, 0.1) is 5.82 Å². The van der Waals surface area contributed by atoms with Gasteiger partial charge in [0.15, 0.2) is 0 Å². The van der Waals surface area contributed by atoms with E-state index in [0.29, 0.717) is 22.9 Å². The van der Waals surface area contributed by atoms with Gasteiger partial charge in [-0.2, -0.15) is 0 Å². The van der Waals surface area contributed by atoms with E-state index in [2.05, 4.69) is 32.1 Å². The lowest BCUT2D eigenvalue weighted by molar-refractivity contribution is 0.102. The molecule has 154 valence electrons. The van der Waals surface area contributed by atoms with Gasteiger partial charge in [-0.1, -0.05) is 0 Å². The fourth-order valence-electron chi connectivity index (χ4n) is 3.11. The molecule has 8 heteroatoms. The molecule has 30 heavy (non-hydrogen) atoms. The van der Waals surface area contributed by atoms with E-state index in [1.54, 1.807) is 30.5 Å². The Morgan fingerprint density at radius 1 is 1.00 bits per heavy atom. The van der Waals surface area contributed by atoms with Crippen molar-refractivity contribution in [1.29, 1.82) is 0 Å². The van der Waals surface area contributed by atoms with Crippen molar-refractivity contribution in [2.75, 3.05) is 43.4 Å². The Labute approximate surface area is 174 Å². The number of aromatic nitrogens is 2. The summed E-state index contributed by atoms with van der Waals surface area (Å²) in [6.07, 6.45) is 3.15. The third kappa shape index (κ3) is 4.90. The minimum absolute atomic E-state index is 0.257. The summed E-state index contributed by atoms with van der Waals surface area (Å²) in [5.41, 5.74) is 0.521. The highest BCUT2D eigenvalue weighted by molar-refractivity contribution is 6.04. The lowest BCUT2D eigenvalue weighted by Gasteiger charge is -2.33. The maximum Gasteiger partial charge on any atom is 0.257 e. The highest BCUT2D eigenvalue weighted by Crippen LogP contribution is 2.22. The molecule has 3 heterocycles. The number of benzene rings is 1. The average molecular weight is 407 g/mol. The van der Waals surface area contributed by atoms with E-state index in [4.69, 9.17) is 4.74 Å². The lowest BCUT2D eigenvalue weighted by Crippen LogP contribution is -2.44. The Hall–Kier alpha value is -3.52. The molecule has 0 bridgehead atoms. The second kappa shape index (κ2) is 8.87. The van der Waals surface area contributed by atoms with Crippen LogP contribution in [0.2, 0.25) is 0 Å². The predicted octanol–water partition coefficient (Wildman–Crippen LogP) is 3.41.